The van der Waals surface area contributed by atoms with Crippen molar-refractivity contribution in [3.05, 3.63) is 16.1 Å². The second-order valence-corrected chi connectivity index (χ2v) is 5.56. The number of aromatic nitrogens is 1. The van der Waals surface area contributed by atoms with Crippen LogP contribution < -0.4 is 28.5 Å². The van der Waals surface area contributed by atoms with E-state index in [0.29, 0.717) is 0 Å². The molecule has 0 aliphatic heterocycles. The molecule has 2 nitrogen and oxygen atoms in total. The highest BCUT2D eigenvalue weighted by molar-refractivity contribution is 7.09. The van der Waals surface area contributed by atoms with Gasteiger partial charge in [-0.15, -0.1) is 0 Å². The van der Waals surface area contributed by atoms with Gasteiger partial charge in [0.15, 0.2) is 5.69 Å². The Kier molecular flexibility index (Phi) is 11.4. The molecule has 0 unspecified atom stereocenters. The van der Waals surface area contributed by atoms with Gasteiger partial charge in [0.25, 0.3) is 0 Å². The predicted octanol–water partition coefficient (Wildman–Crippen LogP) is 0.415. The number of thiazole rings is 1. The summed E-state index contributed by atoms with van der Waals surface area (Å²) in [7, 11) is 2.10. The first kappa shape index (κ1) is 18.3. The van der Waals surface area contributed by atoms with Crippen LogP contribution in [-0.4, -0.2) is 13.2 Å². The Morgan fingerprint density at radius 3 is 2.50 bits per heavy atom. The molecule has 18 heavy (non-hydrogen) atoms. The summed E-state index contributed by atoms with van der Waals surface area (Å²) in [5.41, 5.74) is 3.54. The molecule has 0 saturated heterocycles. The van der Waals surface area contributed by atoms with E-state index in [-0.39, 0.29) is 24.0 Å². The summed E-state index contributed by atoms with van der Waals surface area (Å²) in [5, 5.41) is 0. The van der Waals surface area contributed by atoms with Crippen molar-refractivity contribution in [3.8, 4) is 0 Å². The molecule has 0 fully saturated rings. The highest BCUT2D eigenvalue weighted by Crippen LogP contribution is 2.11. The Morgan fingerprint density at radius 1 is 1.17 bits per heavy atom. The molecule has 0 spiro atoms. The first-order valence-corrected chi connectivity index (χ1v) is 7.64. The standard InChI is InChI=1S/C14H26NOS.HI/c1-4-5-6-7-8-10-16-11-9-14-13(2)15(3)12-17-14;/h12H,4-11H2,1-3H3;1H/q+1;/p-1. The Balaban J connectivity index is 0.00000289. The Hall–Kier alpha value is 0.320. The summed E-state index contributed by atoms with van der Waals surface area (Å²) < 4.78 is 7.86. The molecule has 0 amide bonds. The van der Waals surface area contributed by atoms with Crippen molar-refractivity contribution in [2.75, 3.05) is 13.2 Å². The fourth-order valence-electron chi connectivity index (χ4n) is 1.82. The van der Waals surface area contributed by atoms with Crippen molar-refractivity contribution in [2.24, 2.45) is 7.05 Å². The minimum Gasteiger partial charge on any atom is -1.00 e. The van der Waals surface area contributed by atoms with E-state index in [9.17, 15) is 0 Å². The minimum atomic E-state index is 0. The summed E-state index contributed by atoms with van der Waals surface area (Å²) in [6, 6.07) is 0. The molecular weight excluding hydrogens is 357 g/mol. The van der Waals surface area contributed by atoms with Crippen LogP contribution in [0.5, 0.6) is 0 Å². The smallest absolute Gasteiger partial charge is 0.224 e. The lowest BCUT2D eigenvalue weighted by atomic mass is 10.2. The van der Waals surface area contributed by atoms with Crippen LogP contribution in [-0.2, 0) is 18.2 Å². The average Bonchev–Trinajstić information content (AvgIpc) is 2.64. The highest BCUT2D eigenvalue weighted by Gasteiger charge is 2.10. The number of nitrogens with zero attached hydrogens (tertiary/aromatic N) is 1. The van der Waals surface area contributed by atoms with E-state index in [0.717, 1.165) is 19.6 Å². The Bertz CT molecular complexity index is 315. The number of ether oxygens (including phenoxy) is 1. The van der Waals surface area contributed by atoms with Gasteiger partial charge in [-0.05, 0) is 6.42 Å². The maximum absolute atomic E-state index is 5.68. The van der Waals surface area contributed by atoms with Gasteiger partial charge in [-0.2, -0.15) is 4.57 Å². The summed E-state index contributed by atoms with van der Waals surface area (Å²) in [6.45, 7) is 6.23. The van der Waals surface area contributed by atoms with Crippen molar-refractivity contribution < 1.29 is 33.3 Å². The van der Waals surface area contributed by atoms with Gasteiger partial charge in [-0.1, -0.05) is 43.9 Å². The van der Waals surface area contributed by atoms with Gasteiger partial charge in [0.1, 0.15) is 7.05 Å². The van der Waals surface area contributed by atoms with Crippen molar-refractivity contribution in [1.82, 2.24) is 0 Å². The van der Waals surface area contributed by atoms with Gasteiger partial charge in [-0.3, -0.25) is 0 Å². The van der Waals surface area contributed by atoms with Crippen LogP contribution in [0.25, 0.3) is 0 Å². The first-order chi connectivity index (χ1) is 8.25. The molecule has 0 saturated carbocycles. The molecular formula is C14H26INOS. The number of hydrogen-bond acceptors (Lipinski definition) is 2. The van der Waals surface area contributed by atoms with Crippen LogP contribution in [0, 0.1) is 6.92 Å². The number of unbranched alkanes of at least 4 members (excludes halogenated alkanes) is 4. The monoisotopic (exact) mass is 383 g/mol. The highest BCUT2D eigenvalue weighted by atomic mass is 127. The molecule has 0 aromatic carbocycles. The zero-order valence-corrected chi connectivity index (χ0v) is 14.8. The van der Waals surface area contributed by atoms with Crippen LogP contribution in [0.15, 0.2) is 5.51 Å². The normalized spacial score (nSPS) is 10.4. The molecule has 0 aliphatic rings. The van der Waals surface area contributed by atoms with Crippen LogP contribution in [0.4, 0.5) is 0 Å². The fraction of sp³-hybridized carbons (Fsp3) is 0.786. The molecule has 1 aromatic rings. The number of hydrogen-bond donors (Lipinski definition) is 0. The zero-order valence-electron chi connectivity index (χ0n) is 11.9. The van der Waals surface area contributed by atoms with E-state index < -0.39 is 0 Å². The van der Waals surface area contributed by atoms with E-state index in [4.69, 9.17) is 4.74 Å². The number of rotatable bonds is 9. The van der Waals surface area contributed by atoms with Crippen LogP contribution >= 0.6 is 11.3 Å². The molecule has 0 bridgehead atoms. The molecule has 106 valence electrons. The summed E-state index contributed by atoms with van der Waals surface area (Å²) in [5.74, 6) is 0. The van der Waals surface area contributed by atoms with Crippen LogP contribution in [0.1, 0.15) is 49.6 Å². The maximum atomic E-state index is 5.68. The van der Waals surface area contributed by atoms with Gasteiger partial charge in [-0.25, -0.2) is 0 Å². The summed E-state index contributed by atoms with van der Waals surface area (Å²) >= 11 is 1.83. The van der Waals surface area contributed by atoms with E-state index in [2.05, 4.69) is 31.0 Å². The largest absolute Gasteiger partial charge is 1.00 e. The number of aryl methyl sites for hydroxylation is 1. The van der Waals surface area contributed by atoms with Gasteiger partial charge in [0.2, 0.25) is 5.51 Å². The maximum Gasteiger partial charge on any atom is 0.224 e. The van der Waals surface area contributed by atoms with E-state index in [1.807, 2.05) is 11.3 Å². The summed E-state index contributed by atoms with van der Waals surface area (Å²) in [4.78, 5) is 1.46. The van der Waals surface area contributed by atoms with Crippen molar-refractivity contribution in [1.29, 1.82) is 0 Å². The average molecular weight is 383 g/mol. The molecule has 1 heterocycles. The van der Waals surface area contributed by atoms with Gasteiger partial charge in [0, 0.05) is 20.0 Å². The molecule has 4 heteroatoms. The van der Waals surface area contributed by atoms with E-state index in [1.165, 1.54) is 42.7 Å². The lowest BCUT2D eigenvalue weighted by Crippen LogP contribution is -3.00. The first-order valence-electron chi connectivity index (χ1n) is 6.76. The number of halogens is 1. The van der Waals surface area contributed by atoms with Gasteiger partial charge in [0.05, 0.1) is 11.5 Å². The van der Waals surface area contributed by atoms with Crippen molar-refractivity contribution in [3.63, 3.8) is 0 Å². The molecule has 0 radical (unpaired) electrons. The third-order valence-electron chi connectivity index (χ3n) is 3.15. The third kappa shape index (κ3) is 7.04. The molecule has 1 aromatic heterocycles. The molecule has 0 aliphatic carbocycles. The van der Waals surface area contributed by atoms with Gasteiger partial charge >= 0.3 is 0 Å². The predicted molar refractivity (Wildman–Crippen MR) is 73.5 cm³/mol. The summed E-state index contributed by atoms with van der Waals surface area (Å²) in [6.07, 6.45) is 7.64. The minimum absolute atomic E-state index is 0. The van der Waals surface area contributed by atoms with Gasteiger partial charge < -0.3 is 28.7 Å². The molecule has 0 atom stereocenters. The lowest BCUT2D eigenvalue weighted by Gasteiger charge is -2.02. The third-order valence-corrected chi connectivity index (χ3v) is 4.36. The SMILES string of the molecule is CCCCCCCOCCc1sc[n+](C)c1C.[I-]. The zero-order chi connectivity index (χ0) is 12.5. The second kappa shape index (κ2) is 11.2. The fourth-order valence-corrected chi connectivity index (χ4v) is 2.78. The molecule has 1 rings (SSSR count). The quantitative estimate of drug-likeness (QED) is 0.342. The second-order valence-electron chi connectivity index (χ2n) is 4.62. The molecule has 0 N–H and O–H groups in total. The van der Waals surface area contributed by atoms with Crippen LogP contribution in [0.2, 0.25) is 0 Å². The topological polar surface area (TPSA) is 13.1 Å². The Morgan fingerprint density at radius 2 is 1.89 bits per heavy atom. The van der Waals surface area contributed by atoms with Crippen molar-refractivity contribution in [2.45, 2.75) is 52.4 Å². The van der Waals surface area contributed by atoms with E-state index in [1.54, 1.807) is 0 Å². The Labute approximate surface area is 133 Å². The van der Waals surface area contributed by atoms with Crippen molar-refractivity contribution >= 4 is 11.3 Å². The van der Waals surface area contributed by atoms with Crippen LogP contribution in [0.3, 0.4) is 0 Å². The lowest BCUT2D eigenvalue weighted by molar-refractivity contribution is -0.673. The van der Waals surface area contributed by atoms with E-state index >= 15 is 0 Å².